The van der Waals surface area contributed by atoms with Crippen LogP contribution >= 0.6 is 0 Å². The third-order valence-corrected chi connectivity index (χ3v) is 14.9. The predicted molar refractivity (Wildman–Crippen MR) is 298 cm³/mol. The van der Waals surface area contributed by atoms with Gasteiger partial charge in [-0.1, -0.05) is 188 Å². The van der Waals surface area contributed by atoms with E-state index in [1.807, 2.05) is 0 Å². The lowest BCUT2D eigenvalue weighted by atomic mass is 9.30. The lowest BCUT2D eigenvalue weighted by Gasteiger charge is -2.41. The van der Waals surface area contributed by atoms with Crippen LogP contribution in [-0.2, 0) is 0 Å². The number of hydrogen-bond acceptors (Lipinski definition) is 5. The first-order valence-corrected chi connectivity index (χ1v) is 24.9. The Labute approximate surface area is 424 Å². The third-order valence-electron chi connectivity index (χ3n) is 14.9. The Hall–Kier alpha value is -9.45. The molecular weight excluding hydrogens is 892 g/mol. The van der Waals surface area contributed by atoms with E-state index in [9.17, 15) is 0 Å². The highest BCUT2D eigenvalue weighted by atomic mass is 16.5. The van der Waals surface area contributed by atoms with Crippen LogP contribution in [0.3, 0.4) is 0 Å². The summed E-state index contributed by atoms with van der Waals surface area (Å²) in [5.41, 5.74) is 17.6. The Morgan fingerprint density at radius 3 is 1.14 bits per heavy atom. The minimum atomic E-state index is -0.287. The molecule has 0 aliphatic carbocycles. The van der Waals surface area contributed by atoms with Gasteiger partial charge in [-0.2, -0.15) is 0 Å². The van der Waals surface area contributed by atoms with Gasteiger partial charge in [0.15, 0.2) is 0 Å². The first kappa shape index (κ1) is 41.3. The van der Waals surface area contributed by atoms with E-state index in [4.69, 9.17) is 18.9 Å². The number of para-hydroxylation sites is 4. The summed E-state index contributed by atoms with van der Waals surface area (Å²) < 4.78 is 29.6. The number of hydrogen-bond donors (Lipinski definition) is 0. The van der Waals surface area contributed by atoms with Crippen molar-refractivity contribution in [2.75, 3.05) is 4.90 Å². The molecule has 4 aliphatic rings. The summed E-state index contributed by atoms with van der Waals surface area (Å²) in [4.78, 5) is 2.27. The summed E-state index contributed by atoms with van der Waals surface area (Å²) in [6.45, 7) is -0.561. The molecule has 0 spiro atoms. The quantitative estimate of drug-likeness (QED) is 0.149. The molecule has 5 nitrogen and oxygen atoms in total. The van der Waals surface area contributed by atoms with E-state index < -0.39 is 0 Å². The molecule has 0 amide bonds. The third kappa shape index (κ3) is 6.52. The molecule has 73 heavy (non-hydrogen) atoms. The SMILES string of the molecule is c1ccc(-c2ccccc2-c2cc3c4c(c2)Oc2c(c(-c5ccccc5)c5c(c2-c2ccccc2)Oc2cc(N(c6ccccc6)c6ccccc6)cc6c2B5c2ccccc2O6)B4c2ccccc2O3)cc1. The molecule has 7 heteroatoms. The van der Waals surface area contributed by atoms with Gasteiger partial charge in [0.05, 0.1) is 11.3 Å². The molecule has 4 aliphatic heterocycles. The molecule has 0 saturated carbocycles. The zero-order valence-corrected chi connectivity index (χ0v) is 39.4. The number of anilines is 3. The fourth-order valence-corrected chi connectivity index (χ4v) is 11.9. The van der Waals surface area contributed by atoms with Crippen LogP contribution in [0.1, 0.15) is 0 Å². The number of nitrogens with zero attached hydrogens (tertiary/aromatic N) is 1. The maximum atomic E-state index is 7.73. The summed E-state index contributed by atoms with van der Waals surface area (Å²) in [6.07, 6.45) is 0. The zero-order valence-electron chi connectivity index (χ0n) is 39.4. The molecule has 4 heterocycles. The Morgan fingerprint density at radius 2 is 0.630 bits per heavy atom. The molecule has 0 atom stereocenters. The summed E-state index contributed by atoms with van der Waals surface area (Å²) in [5, 5.41) is 0. The molecule has 0 saturated heterocycles. The van der Waals surface area contributed by atoms with Gasteiger partial charge >= 0.3 is 0 Å². The van der Waals surface area contributed by atoms with Gasteiger partial charge in [0, 0.05) is 34.4 Å². The Bertz CT molecular complexity index is 3940. The highest BCUT2D eigenvalue weighted by molar-refractivity contribution is 7.02. The van der Waals surface area contributed by atoms with Crippen LogP contribution in [0.5, 0.6) is 46.0 Å². The molecule has 0 unspecified atom stereocenters. The maximum Gasteiger partial charge on any atom is 0.261 e. The van der Waals surface area contributed by atoms with Crippen molar-refractivity contribution in [2.24, 2.45) is 0 Å². The van der Waals surface area contributed by atoms with E-state index in [1.165, 1.54) is 0 Å². The maximum absolute atomic E-state index is 7.73. The fourth-order valence-electron chi connectivity index (χ4n) is 11.9. The van der Waals surface area contributed by atoms with Crippen LogP contribution in [0.25, 0.3) is 44.5 Å². The van der Waals surface area contributed by atoms with E-state index in [2.05, 4.69) is 254 Å². The van der Waals surface area contributed by atoms with Crippen LogP contribution in [0, 0.1) is 0 Å². The van der Waals surface area contributed by atoms with E-state index in [-0.39, 0.29) is 13.4 Å². The molecule has 15 rings (SSSR count). The second kappa shape index (κ2) is 16.6. The predicted octanol–water partition coefficient (Wildman–Crippen LogP) is 13.3. The molecule has 0 radical (unpaired) electrons. The molecule has 0 N–H and O–H groups in total. The normalized spacial score (nSPS) is 12.8. The van der Waals surface area contributed by atoms with Gasteiger partial charge in [-0.15, -0.1) is 0 Å². The van der Waals surface area contributed by atoms with E-state index in [0.717, 1.165) is 140 Å². The molecule has 340 valence electrons. The number of fused-ring (bicyclic) bond motifs is 8. The second-order valence-electron chi connectivity index (χ2n) is 19.0. The van der Waals surface area contributed by atoms with Crippen molar-refractivity contribution >= 4 is 63.3 Å². The Balaban J connectivity index is 1.05. The van der Waals surface area contributed by atoms with Crippen molar-refractivity contribution in [1.29, 1.82) is 0 Å². The Morgan fingerprint density at radius 1 is 0.260 bits per heavy atom. The van der Waals surface area contributed by atoms with Crippen LogP contribution in [0.15, 0.2) is 249 Å². The summed E-state index contributed by atoms with van der Waals surface area (Å²) >= 11 is 0. The van der Waals surface area contributed by atoms with Gasteiger partial charge < -0.3 is 23.8 Å². The average molecular weight is 934 g/mol. The topological polar surface area (TPSA) is 40.2 Å². The van der Waals surface area contributed by atoms with Gasteiger partial charge in [-0.25, -0.2) is 0 Å². The van der Waals surface area contributed by atoms with Crippen LogP contribution < -0.4 is 56.6 Å². The average Bonchev–Trinajstić information content (AvgIpc) is 3.45. The van der Waals surface area contributed by atoms with Crippen molar-refractivity contribution in [3.63, 3.8) is 0 Å². The first-order chi connectivity index (χ1) is 36.2. The fraction of sp³-hybridized carbons (Fsp3) is 0. The van der Waals surface area contributed by atoms with Crippen molar-refractivity contribution in [3.05, 3.63) is 249 Å². The van der Waals surface area contributed by atoms with Gasteiger partial charge in [0.25, 0.3) is 13.4 Å². The van der Waals surface area contributed by atoms with Crippen molar-refractivity contribution < 1.29 is 18.9 Å². The monoisotopic (exact) mass is 933 g/mol. The summed E-state index contributed by atoms with van der Waals surface area (Å²) in [6, 6.07) is 87.4. The largest absolute Gasteiger partial charge is 0.458 e. The molecule has 11 aromatic rings. The van der Waals surface area contributed by atoms with Gasteiger partial charge in [-0.05, 0) is 109 Å². The number of ether oxygens (including phenoxy) is 4. The lowest BCUT2D eigenvalue weighted by molar-refractivity contribution is 0.454. The van der Waals surface area contributed by atoms with E-state index in [0.29, 0.717) is 0 Å². The summed E-state index contributed by atoms with van der Waals surface area (Å²) in [5.74, 6) is 6.13. The number of rotatable bonds is 7. The van der Waals surface area contributed by atoms with Gasteiger partial charge in [0.1, 0.15) is 46.0 Å². The minimum Gasteiger partial charge on any atom is -0.458 e. The van der Waals surface area contributed by atoms with Crippen molar-refractivity contribution in [3.8, 4) is 90.5 Å². The first-order valence-electron chi connectivity index (χ1n) is 24.9. The number of benzene rings is 11. The molecule has 0 bridgehead atoms. The van der Waals surface area contributed by atoms with E-state index >= 15 is 0 Å². The van der Waals surface area contributed by atoms with Crippen molar-refractivity contribution in [2.45, 2.75) is 0 Å². The zero-order chi connectivity index (χ0) is 48.0. The van der Waals surface area contributed by atoms with Crippen molar-refractivity contribution in [1.82, 2.24) is 0 Å². The standard InChI is InChI=1S/C66H41B2NO4/c1-6-22-42(23-7-1)49-32-16-17-33-50(49)45-38-55-61-56(39-45)72-65-60(44-26-10-3-11-27-44)66-64(59(43-24-8-2-9-25-43)63(65)67(61)51-34-18-20-36-53(51)70-55)68-52-35-19-21-37-54(52)71-57-40-48(41-58(73-66)62(57)68)69(46-28-12-4-13-29-46)47-30-14-5-15-31-47/h1-41H. The van der Waals surface area contributed by atoms with Gasteiger partial charge in [-0.3, -0.25) is 0 Å². The van der Waals surface area contributed by atoms with Crippen LogP contribution in [-0.4, -0.2) is 13.4 Å². The van der Waals surface area contributed by atoms with Gasteiger partial charge in [0.2, 0.25) is 0 Å². The second-order valence-corrected chi connectivity index (χ2v) is 19.0. The van der Waals surface area contributed by atoms with E-state index in [1.54, 1.807) is 0 Å². The molecule has 0 fully saturated rings. The summed E-state index contributed by atoms with van der Waals surface area (Å²) in [7, 11) is 0. The van der Waals surface area contributed by atoms with Crippen LogP contribution in [0.2, 0.25) is 0 Å². The lowest BCUT2D eigenvalue weighted by Crippen LogP contribution is -2.63. The molecule has 0 aromatic heterocycles. The van der Waals surface area contributed by atoms with Crippen LogP contribution in [0.4, 0.5) is 17.1 Å². The smallest absolute Gasteiger partial charge is 0.261 e. The molecule has 11 aromatic carbocycles. The Kier molecular flexibility index (Phi) is 9.39. The minimum absolute atomic E-state index is 0.274. The highest BCUT2D eigenvalue weighted by Crippen LogP contribution is 2.51. The molecular formula is C66H41B2NO4. The highest BCUT2D eigenvalue weighted by Gasteiger charge is 2.50.